The average molecular weight is 488 g/mol. The van der Waals surface area contributed by atoms with Crippen molar-refractivity contribution in [3.63, 3.8) is 0 Å². The third kappa shape index (κ3) is 5.42. The Morgan fingerprint density at radius 1 is 1.03 bits per heavy atom. The Balaban J connectivity index is 1.25. The van der Waals surface area contributed by atoms with Crippen molar-refractivity contribution in [2.45, 2.75) is 50.3 Å². The molecule has 3 aromatic rings. The zero-order valence-corrected chi connectivity index (χ0v) is 19.3. The number of carbonyl (C=O) groups excluding carboxylic acids is 1. The fraction of sp³-hybridized carbons (Fsp3) is 0.480. The zero-order chi connectivity index (χ0) is 24.4. The highest BCUT2D eigenvalue weighted by Crippen LogP contribution is 2.33. The molecule has 1 aromatic carbocycles. The van der Waals surface area contributed by atoms with Gasteiger partial charge in [0.1, 0.15) is 17.1 Å². The molecule has 0 aliphatic carbocycles. The number of nitrogens with one attached hydrogen (secondary N) is 2. The average Bonchev–Trinajstić information content (AvgIpc) is 3.10. The molecule has 5 rings (SSSR count). The van der Waals surface area contributed by atoms with E-state index in [1.54, 1.807) is 4.90 Å². The number of amides is 1. The lowest BCUT2D eigenvalue weighted by Crippen LogP contribution is -2.38. The van der Waals surface area contributed by atoms with Crippen LogP contribution in [-0.2, 0) is 0 Å². The molecule has 10 heteroatoms. The van der Waals surface area contributed by atoms with Gasteiger partial charge in [-0.2, -0.15) is 0 Å². The summed E-state index contributed by atoms with van der Waals surface area (Å²) in [5, 5.41) is 3.49. The smallest absolute Gasteiger partial charge is 0.406 e. The molecule has 1 atom stereocenters. The van der Waals surface area contributed by atoms with Crippen LogP contribution in [0.2, 0.25) is 0 Å². The number of carbonyl (C=O) groups is 1. The molecule has 2 aliphatic rings. The third-order valence-electron chi connectivity index (χ3n) is 6.92. The number of pyridine rings is 1. The summed E-state index contributed by atoms with van der Waals surface area (Å²) in [7, 11) is 0. The Hall–Kier alpha value is -3.14. The first-order valence-corrected chi connectivity index (χ1v) is 12.1. The maximum absolute atomic E-state index is 12.9. The molecular weight excluding hydrogens is 459 g/mol. The van der Waals surface area contributed by atoms with Crippen LogP contribution in [0.25, 0.3) is 11.2 Å². The van der Waals surface area contributed by atoms with Gasteiger partial charge in [0.15, 0.2) is 5.65 Å². The van der Waals surface area contributed by atoms with Crippen LogP contribution in [0.15, 0.2) is 36.5 Å². The molecule has 2 N–H and O–H groups in total. The molecule has 2 saturated heterocycles. The number of imidazole rings is 1. The van der Waals surface area contributed by atoms with Gasteiger partial charge in [0.25, 0.3) is 5.91 Å². The number of alkyl halides is 3. The second-order valence-electron chi connectivity index (χ2n) is 9.25. The summed E-state index contributed by atoms with van der Waals surface area (Å²) in [6.07, 6.45) is 2.09. The maximum atomic E-state index is 12.9. The number of nitrogens with zero attached hydrogens (tertiary/aromatic N) is 3. The number of aromatic amines is 1. The first-order valence-electron chi connectivity index (χ1n) is 12.1. The van der Waals surface area contributed by atoms with Gasteiger partial charge < -0.3 is 19.9 Å². The summed E-state index contributed by atoms with van der Waals surface area (Å²) >= 11 is 0. The SMILES string of the molecule is O=C(c1ccc(OC(F)(F)F)cc1)N1CCC(c2ccnc3[nH]c([C@H]4CCCCNC4)nc23)CC1. The molecule has 2 aliphatic heterocycles. The number of hydrogen-bond acceptors (Lipinski definition) is 5. The van der Waals surface area contributed by atoms with Crippen molar-refractivity contribution in [1.29, 1.82) is 0 Å². The lowest BCUT2D eigenvalue weighted by Gasteiger charge is -2.32. The van der Waals surface area contributed by atoms with E-state index in [4.69, 9.17) is 4.98 Å². The van der Waals surface area contributed by atoms with E-state index in [0.29, 0.717) is 24.6 Å². The summed E-state index contributed by atoms with van der Waals surface area (Å²) in [6.45, 7) is 3.10. The normalized spacial score (nSPS) is 20.1. The van der Waals surface area contributed by atoms with Crippen molar-refractivity contribution in [2.75, 3.05) is 26.2 Å². The van der Waals surface area contributed by atoms with E-state index in [-0.39, 0.29) is 17.6 Å². The van der Waals surface area contributed by atoms with Crippen molar-refractivity contribution in [3.8, 4) is 5.75 Å². The van der Waals surface area contributed by atoms with Crippen LogP contribution in [0.5, 0.6) is 5.75 Å². The van der Waals surface area contributed by atoms with Crippen molar-refractivity contribution in [1.82, 2.24) is 25.2 Å². The van der Waals surface area contributed by atoms with E-state index in [9.17, 15) is 18.0 Å². The lowest BCUT2D eigenvalue weighted by atomic mass is 9.89. The predicted molar refractivity (Wildman–Crippen MR) is 124 cm³/mol. The second kappa shape index (κ2) is 9.85. The summed E-state index contributed by atoms with van der Waals surface area (Å²) in [4.78, 5) is 27.5. The number of likely N-dealkylation sites (tertiary alicyclic amines) is 1. The molecule has 2 fully saturated rings. The standard InChI is InChI=1S/C25H28F3N5O2/c26-25(27,28)35-19-6-4-17(5-7-19)24(34)33-13-9-16(10-14-33)20-8-12-30-23-21(20)31-22(32-23)18-3-1-2-11-29-15-18/h4-8,12,16,18,29H,1-3,9-11,13-15H2,(H,30,31,32)/t18-/m0/s1. The Bertz CT molecular complexity index is 1160. The monoisotopic (exact) mass is 487 g/mol. The van der Waals surface area contributed by atoms with Crippen LogP contribution in [-0.4, -0.2) is 58.3 Å². The van der Waals surface area contributed by atoms with Gasteiger partial charge in [-0.25, -0.2) is 9.97 Å². The first kappa shape index (κ1) is 23.6. The van der Waals surface area contributed by atoms with E-state index in [2.05, 4.69) is 20.0 Å². The second-order valence-corrected chi connectivity index (χ2v) is 9.25. The number of hydrogen-bond donors (Lipinski definition) is 2. The molecule has 0 bridgehead atoms. The van der Waals surface area contributed by atoms with Gasteiger partial charge in [-0.1, -0.05) is 6.42 Å². The Morgan fingerprint density at radius 3 is 2.54 bits per heavy atom. The Morgan fingerprint density at radius 2 is 1.80 bits per heavy atom. The minimum absolute atomic E-state index is 0.190. The van der Waals surface area contributed by atoms with E-state index < -0.39 is 6.36 Å². The van der Waals surface area contributed by atoms with Gasteiger partial charge in [0.05, 0.1) is 0 Å². The summed E-state index contributed by atoms with van der Waals surface area (Å²) in [5.41, 5.74) is 3.22. The van der Waals surface area contributed by atoms with Gasteiger partial charge in [-0.05, 0) is 74.0 Å². The topological polar surface area (TPSA) is 83.1 Å². The molecular formula is C25H28F3N5O2. The molecule has 0 radical (unpaired) electrons. The summed E-state index contributed by atoms with van der Waals surface area (Å²) in [6, 6.07) is 7.10. The fourth-order valence-electron chi connectivity index (χ4n) is 5.10. The van der Waals surface area contributed by atoms with Crippen LogP contribution < -0.4 is 10.1 Å². The molecule has 1 amide bonds. The van der Waals surface area contributed by atoms with E-state index in [1.807, 2.05) is 12.3 Å². The van der Waals surface area contributed by atoms with Gasteiger partial charge in [0, 0.05) is 37.3 Å². The fourth-order valence-corrected chi connectivity index (χ4v) is 5.10. The van der Waals surface area contributed by atoms with Crippen molar-refractivity contribution < 1.29 is 22.7 Å². The maximum Gasteiger partial charge on any atom is 0.573 e. The highest BCUT2D eigenvalue weighted by Gasteiger charge is 2.31. The number of benzene rings is 1. The highest BCUT2D eigenvalue weighted by atomic mass is 19.4. The van der Waals surface area contributed by atoms with Crippen LogP contribution in [0.4, 0.5) is 13.2 Å². The van der Waals surface area contributed by atoms with Crippen molar-refractivity contribution in [2.24, 2.45) is 0 Å². The number of H-pyrrole nitrogens is 1. The molecule has 0 unspecified atom stereocenters. The van der Waals surface area contributed by atoms with Crippen LogP contribution in [0.1, 0.15) is 65.7 Å². The van der Waals surface area contributed by atoms with Gasteiger partial charge in [0.2, 0.25) is 0 Å². The molecule has 0 spiro atoms. The summed E-state index contributed by atoms with van der Waals surface area (Å²) in [5.74, 6) is 1.07. The van der Waals surface area contributed by atoms with Gasteiger partial charge in [-0.15, -0.1) is 13.2 Å². The number of rotatable bonds is 4. The Labute approximate surface area is 201 Å². The quantitative estimate of drug-likeness (QED) is 0.556. The predicted octanol–water partition coefficient (Wildman–Crippen LogP) is 4.73. The van der Waals surface area contributed by atoms with Crippen molar-refractivity contribution in [3.05, 3.63) is 53.5 Å². The number of ether oxygens (including phenoxy) is 1. The van der Waals surface area contributed by atoms with E-state index in [0.717, 1.165) is 54.9 Å². The van der Waals surface area contributed by atoms with Crippen LogP contribution in [0.3, 0.4) is 0 Å². The van der Waals surface area contributed by atoms with Crippen LogP contribution >= 0.6 is 0 Å². The molecule has 4 heterocycles. The minimum atomic E-state index is -4.76. The minimum Gasteiger partial charge on any atom is -0.406 e. The molecule has 7 nitrogen and oxygen atoms in total. The largest absolute Gasteiger partial charge is 0.573 e. The zero-order valence-electron chi connectivity index (χ0n) is 19.3. The van der Waals surface area contributed by atoms with Gasteiger partial charge in [-0.3, -0.25) is 4.79 Å². The number of halogens is 3. The van der Waals surface area contributed by atoms with Gasteiger partial charge >= 0.3 is 6.36 Å². The summed E-state index contributed by atoms with van der Waals surface area (Å²) < 4.78 is 41.0. The molecule has 35 heavy (non-hydrogen) atoms. The van der Waals surface area contributed by atoms with E-state index in [1.165, 1.54) is 37.1 Å². The number of piperidine rings is 1. The van der Waals surface area contributed by atoms with Crippen molar-refractivity contribution >= 4 is 17.1 Å². The van der Waals surface area contributed by atoms with E-state index >= 15 is 0 Å². The molecule has 0 saturated carbocycles. The Kier molecular flexibility index (Phi) is 6.64. The third-order valence-corrected chi connectivity index (χ3v) is 6.92. The highest BCUT2D eigenvalue weighted by molar-refractivity contribution is 5.94. The molecule has 186 valence electrons. The number of fused-ring (bicyclic) bond motifs is 1. The number of aromatic nitrogens is 3. The lowest BCUT2D eigenvalue weighted by molar-refractivity contribution is -0.274. The first-order chi connectivity index (χ1) is 16.9. The molecule has 2 aromatic heterocycles. The van der Waals surface area contributed by atoms with Crippen LogP contribution in [0, 0.1) is 0 Å².